The average molecular weight is 208 g/mol. The Bertz CT molecular complexity index is 171. The number of hydrogen-bond acceptors (Lipinski definition) is 6. The summed E-state index contributed by atoms with van der Waals surface area (Å²) in [7, 11) is 0. The number of ether oxygens (including phenoxy) is 1. The second kappa shape index (κ2) is 5.01. The molecule has 6 heteroatoms. The van der Waals surface area contributed by atoms with Crippen LogP contribution in [0.1, 0.15) is 6.42 Å². The Morgan fingerprint density at radius 1 is 0.857 bits per heavy atom. The predicted octanol–water partition coefficient (Wildman–Crippen LogP) is -2.79. The van der Waals surface area contributed by atoms with Crippen LogP contribution in [0.3, 0.4) is 0 Å². The second-order valence-corrected chi connectivity index (χ2v) is 3.38. The zero-order chi connectivity index (χ0) is 10.7. The quantitative estimate of drug-likeness (QED) is 0.343. The van der Waals surface area contributed by atoms with Crippen LogP contribution in [0, 0.1) is 0 Å². The van der Waals surface area contributed by atoms with Crippen molar-refractivity contribution in [3.05, 3.63) is 0 Å². The third-order valence-corrected chi connectivity index (χ3v) is 2.40. The Morgan fingerprint density at radius 2 is 1.43 bits per heavy atom. The smallest absolute Gasteiger partial charge is 0.111 e. The lowest BCUT2D eigenvalue weighted by Gasteiger charge is -2.39. The van der Waals surface area contributed by atoms with Crippen LogP contribution in [0.4, 0.5) is 0 Å². The van der Waals surface area contributed by atoms with Gasteiger partial charge in [-0.2, -0.15) is 0 Å². The summed E-state index contributed by atoms with van der Waals surface area (Å²) in [6, 6.07) is 0. The van der Waals surface area contributed by atoms with Gasteiger partial charge in [0.05, 0.1) is 12.7 Å². The van der Waals surface area contributed by atoms with Crippen molar-refractivity contribution in [2.24, 2.45) is 0 Å². The largest absolute Gasteiger partial charge is 0.396 e. The Morgan fingerprint density at radius 3 is 1.93 bits per heavy atom. The molecule has 5 N–H and O–H groups in total. The van der Waals surface area contributed by atoms with Gasteiger partial charge in [-0.05, 0) is 6.42 Å². The van der Waals surface area contributed by atoms with Crippen molar-refractivity contribution < 1.29 is 30.3 Å². The molecule has 0 aromatic rings. The highest BCUT2D eigenvalue weighted by molar-refractivity contribution is 4.91. The molecule has 0 aromatic carbocycles. The Kier molecular flexibility index (Phi) is 4.24. The molecule has 1 rings (SSSR count). The van der Waals surface area contributed by atoms with Crippen molar-refractivity contribution in [2.45, 2.75) is 36.9 Å². The molecule has 0 amide bonds. The van der Waals surface area contributed by atoms with Crippen LogP contribution in [0.25, 0.3) is 0 Å². The van der Waals surface area contributed by atoms with E-state index < -0.39 is 37.1 Å². The van der Waals surface area contributed by atoms with E-state index in [1.54, 1.807) is 0 Å². The monoisotopic (exact) mass is 208 g/mol. The summed E-state index contributed by atoms with van der Waals surface area (Å²) in [5.41, 5.74) is 0. The molecule has 5 atom stereocenters. The zero-order valence-electron chi connectivity index (χ0n) is 7.65. The van der Waals surface area contributed by atoms with Crippen LogP contribution in [0.2, 0.25) is 0 Å². The highest BCUT2D eigenvalue weighted by Gasteiger charge is 2.42. The van der Waals surface area contributed by atoms with E-state index in [4.69, 9.17) is 14.9 Å². The van der Waals surface area contributed by atoms with E-state index in [0.717, 1.165) is 0 Å². The summed E-state index contributed by atoms with van der Waals surface area (Å²) in [5.74, 6) is 0. The molecule has 0 aliphatic carbocycles. The molecule has 0 radical (unpaired) electrons. The lowest BCUT2D eigenvalue weighted by Crippen LogP contribution is -2.58. The van der Waals surface area contributed by atoms with Gasteiger partial charge in [0.1, 0.15) is 24.4 Å². The van der Waals surface area contributed by atoms with Gasteiger partial charge in [-0.25, -0.2) is 0 Å². The van der Waals surface area contributed by atoms with Crippen LogP contribution in [-0.4, -0.2) is 69.3 Å². The lowest BCUT2D eigenvalue weighted by molar-refractivity contribution is -0.231. The molecule has 1 aliphatic heterocycles. The van der Waals surface area contributed by atoms with Gasteiger partial charge in [0.15, 0.2) is 0 Å². The molecule has 1 aliphatic rings. The fourth-order valence-electron chi connectivity index (χ4n) is 1.54. The van der Waals surface area contributed by atoms with Crippen molar-refractivity contribution in [1.29, 1.82) is 0 Å². The molecule has 0 aromatic heterocycles. The molecule has 14 heavy (non-hydrogen) atoms. The highest BCUT2D eigenvalue weighted by atomic mass is 16.5. The number of aliphatic hydroxyl groups is 5. The van der Waals surface area contributed by atoms with Crippen molar-refractivity contribution in [2.75, 3.05) is 13.2 Å². The van der Waals surface area contributed by atoms with E-state index in [9.17, 15) is 15.3 Å². The van der Waals surface area contributed by atoms with E-state index in [0.29, 0.717) is 0 Å². The van der Waals surface area contributed by atoms with Gasteiger partial charge in [-0.3, -0.25) is 0 Å². The molecule has 6 nitrogen and oxygen atoms in total. The molecule has 4 unspecified atom stereocenters. The van der Waals surface area contributed by atoms with E-state index in [2.05, 4.69) is 0 Å². The number of hydrogen-bond donors (Lipinski definition) is 5. The third kappa shape index (κ3) is 2.22. The van der Waals surface area contributed by atoms with Crippen LogP contribution < -0.4 is 0 Å². The highest BCUT2D eigenvalue weighted by Crippen LogP contribution is 2.22. The van der Waals surface area contributed by atoms with Crippen LogP contribution in [0.15, 0.2) is 0 Å². The van der Waals surface area contributed by atoms with E-state index in [-0.39, 0.29) is 13.0 Å². The maximum Gasteiger partial charge on any atom is 0.111 e. The topological polar surface area (TPSA) is 110 Å². The number of aliphatic hydroxyl groups excluding tert-OH is 5. The summed E-state index contributed by atoms with van der Waals surface area (Å²) in [4.78, 5) is 0. The summed E-state index contributed by atoms with van der Waals surface area (Å²) >= 11 is 0. The fraction of sp³-hybridized carbons (Fsp3) is 1.00. The standard InChI is InChI=1S/C8H16O6/c9-2-1-4-6(11)8(13)7(12)5(3-10)14-4/h4-13H,1-3H2/t4?,5-,6?,7?,8?/m1/s1. The minimum Gasteiger partial charge on any atom is -0.396 e. The van der Waals surface area contributed by atoms with Crippen molar-refractivity contribution in [3.63, 3.8) is 0 Å². The maximum absolute atomic E-state index is 9.42. The van der Waals surface area contributed by atoms with Gasteiger partial charge in [-0.1, -0.05) is 0 Å². The average Bonchev–Trinajstić information content (AvgIpc) is 2.19. The van der Waals surface area contributed by atoms with Crippen molar-refractivity contribution >= 4 is 0 Å². The first kappa shape index (κ1) is 11.8. The van der Waals surface area contributed by atoms with Gasteiger partial charge in [0.2, 0.25) is 0 Å². The molecule has 0 spiro atoms. The second-order valence-electron chi connectivity index (χ2n) is 3.38. The first-order valence-electron chi connectivity index (χ1n) is 4.53. The lowest BCUT2D eigenvalue weighted by atomic mass is 9.94. The maximum atomic E-state index is 9.42. The molecule has 84 valence electrons. The van der Waals surface area contributed by atoms with E-state index >= 15 is 0 Å². The minimum atomic E-state index is -1.35. The molecule has 0 saturated carbocycles. The minimum absolute atomic E-state index is 0.154. The Labute approximate surface area is 81.4 Å². The molecular weight excluding hydrogens is 192 g/mol. The fourth-order valence-corrected chi connectivity index (χ4v) is 1.54. The van der Waals surface area contributed by atoms with Gasteiger partial charge in [0, 0.05) is 6.61 Å². The summed E-state index contributed by atoms with van der Waals surface area (Å²) in [6.07, 6.45) is -5.40. The van der Waals surface area contributed by atoms with Crippen LogP contribution in [0.5, 0.6) is 0 Å². The van der Waals surface area contributed by atoms with Gasteiger partial charge in [0.25, 0.3) is 0 Å². The molecular formula is C8H16O6. The molecule has 1 heterocycles. The van der Waals surface area contributed by atoms with Gasteiger partial charge < -0.3 is 30.3 Å². The Hall–Kier alpha value is -0.240. The molecule has 0 bridgehead atoms. The zero-order valence-corrected chi connectivity index (χ0v) is 7.65. The van der Waals surface area contributed by atoms with E-state index in [1.165, 1.54) is 0 Å². The Balaban J connectivity index is 2.63. The molecule has 1 saturated heterocycles. The SMILES string of the molecule is OCCC1O[C@H](CO)C(O)C(O)C1O. The van der Waals surface area contributed by atoms with Crippen LogP contribution >= 0.6 is 0 Å². The summed E-state index contributed by atoms with van der Waals surface area (Å²) in [6.45, 7) is -0.629. The molecule has 1 fully saturated rings. The summed E-state index contributed by atoms with van der Waals surface area (Å²) < 4.78 is 5.10. The van der Waals surface area contributed by atoms with Gasteiger partial charge >= 0.3 is 0 Å². The normalized spacial score (nSPS) is 43.9. The summed E-state index contributed by atoms with van der Waals surface area (Å²) in [5, 5.41) is 45.6. The van der Waals surface area contributed by atoms with E-state index in [1.807, 2.05) is 0 Å². The van der Waals surface area contributed by atoms with Gasteiger partial charge in [-0.15, -0.1) is 0 Å². The predicted molar refractivity (Wildman–Crippen MR) is 45.5 cm³/mol. The van der Waals surface area contributed by atoms with Crippen LogP contribution in [-0.2, 0) is 4.74 Å². The number of rotatable bonds is 3. The first-order valence-corrected chi connectivity index (χ1v) is 4.53. The van der Waals surface area contributed by atoms with Crippen molar-refractivity contribution in [3.8, 4) is 0 Å². The first-order chi connectivity index (χ1) is 6.61. The van der Waals surface area contributed by atoms with Crippen molar-refractivity contribution in [1.82, 2.24) is 0 Å². The third-order valence-electron chi connectivity index (χ3n) is 2.40.